The number of amides is 1. The Morgan fingerprint density at radius 2 is 2.07 bits per heavy atom. The number of thiophene rings is 1. The lowest BCUT2D eigenvalue weighted by atomic mass is 10.0. The van der Waals surface area contributed by atoms with Crippen molar-refractivity contribution in [2.45, 2.75) is 25.9 Å². The molecule has 3 aromatic rings. The number of hydrogen-bond donors (Lipinski definition) is 2. The fourth-order valence-electron chi connectivity index (χ4n) is 3.68. The lowest BCUT2D eigenvalue weighted by Gasteiger charge is -2.35. The van der Waals surface area contributed by atoms with E-state index < -0.39 is 0 Å². The Bertz CT molecular complexity index is 977. The molecule has 1 atom stereocenters. The minimum Gasteiger partial charge on any atom is -0.356 e. The highest BCUT2D eigenvalue weighted by molar-refractivity contribution is 7.10. The molecule has 2 aromatic heterocycles. The molecule has 6 heteroatoms. The SMILES string of the molecule is CC(=O)c1c[nH]c(C(=O)NC[C@@H](c2ccccc2)N2CCc3sccc3C2)c1. The third kappa shape index (κ3) is 3.93. The van der Waals surface area contributed by atoms with Gasteiger partial charge in [-0.25, -0.2) is 0 Å². The zero-order valence-corrected chi connectivity index (χ0v) is 16.6. The fourth-order valence-corrected chi connectivity index (χ4v) is 4.57. The molecule has 0 saturated heterocycles. The molecule has 0 unspecified atom stereocenters. The molecule has 1 aliphatic heterocycles. The number of aromatic nitrogens is 1. The Hall–Kier alpha value is -2.70. The van der Waals surface area contributed by atoms with Gasteiger partial charge in [0.15, 0.2) is 5.78 Å². The van der Waals surface area contributed by atoms with Crippen molar-refractivity contribution in [3.8, 4) is 0 Å². The maximum absolute atomic E-state index is 12.6. The van der Waals surface area contributed by atoms with Crippen molar-refractivity contribution >= 4 is 23.0 Å². The Morgan fingerprint density at radius 3 is 2.82 bits per heavy atom. The number of carbonyl (C=O) groups is 2. The second kappa shape index (κ2) is 8.12. The van der Waals surface area contributed by atoms with E-state index in [1.807, 2.05) is 29.5 Å². The highest BCUT2D eigenvalue weighted by Gasteiger charge is 2.26. The standard InChI is InChI=1S/C22H23N3O2S/c1-15(26)18-11-19(23-12-18)22(27)24-13-20(16-5-3-2-4-6-16)25-9-7-21-17(14-25)8-10-28-21/h2-6,8,10-12,20,23H,7,9,13-14H2,1H3,(H,24,27)/t20-/m0/s1. The van der Waals surface area contributed by atoms with E-state index in [1.54, 1.807) is 12.3 Å². The summed E-state index contributed by atoms with van der Waals surface area (Å²) in [7, 11) is 0. The van der Waals surface area contributed by atoms with Crippen LogP contribution in [0, 0.1) is 0 Å². The number of ketones is 1. The van der Waals surface area contributed by atoms with Crippen molar-refractivity contribution in [3.63, 3.8) is 0 Å². The van der Waals surface area contributed by atoms with Crippen LogP contribution >= 0.6 is 11.3 Å². The Labute approximate surface area is 168 Å². The maximum Gasteiger partial charge on any atom is 0.267 e. The molecular formula is C22H23N3O2S. The average Bonchev–Trinajstić information content (AvgIpc) is 3.38. The summed E-state index contributed by atoms with van der Waals surface area (Å²) in [5.41, 5.74) is 3.51. The van der Waals surface area contributed by atoms with E-state index in [1.165, 1.54) is 22.9 Å². The van der Waals surface area contributed by atoms with E-state index in [2.05, 4.69) is 38.8 Å². The molecule has 3 heterocycles. The maximum atomic E-state index is 12.6. The first-order valence-electron chi connectivity index (χ1n) is 9.43. The monoisotopic (exact) mass is 393 g/mol. The molecule has 28 heavy (non-hydrogen) atoms. The van der Waals surface area contributed by atoms with Gasteiger partial charge in [0, 0.05) is 36.3 Å². The first-order valence-corrected chi connectivity index (χ1v) is 10.3. The van der Waals surface area contributed by atoms with Gasteiger partial charge in [-0.15, -0.1) is 11.3 Å². The van der Waals surface area contributed by atoms with Gasteiger partial charge < -0.3 is 10.3 Å². The van der Waals surface area contributed by atoms with Crippen molar-refractivity contribution in [3.05, 3.63) is 81.3 Å². The average molecular weight is 394 g/mol. The fraction of sp³-hybridized carbons (Fsp3) is 0.273. The highest BCUT2D eigenvalue weighted by Crippen LogP contribution is 2.30. The third-order valence-electron chi connectivity index (χ3n) is 5.25. The van der Waals surface area contributed by atoms with E-state index in [0.717, 1.165) is 19.5 Å². The van der Waals surface area contributed by atoms with Gasteiger partial charge in [0.1, 0.15) is 5.69 Å². The molecule has 0 aliphatic carbocycles. The van der Waals surface area contributed by atoms with Gasteiger partial charge in [-0.05, 0) is 42.0 Å². The van der Waals surface area contributed by atoms with Crippen LogP contribution in [0.15, 0.2) is 54.0 Å². The van der Waals surface area contributed by atoms with E-state index in [-0.39, 0.29) is 17.7 Å². The molecule has 0 radical (unpaired) electrons. The molecule has 1 aromatic carbocycles. The molecule has 5 nitrogen and oxygen atoms in total. The van der Waals surface area contributed by atoms with Gasteiger partial charge in [-0.1, -0.05) is 30.3 Å². The zero-order chi connectivity index (χ0) is 19.5. The number of H-pyrrole nitrogens is 1. The number of rotatable bonds is 6. The molecule has 0 saturated carbocycles. The predicted molar refractivity (Wildman–Crippen MR) is 111 cm³/mol. The van der Waals surface area contributed by atoms with E-state index in [4.69, 9.17) is 0 Å². The van der Waals surface area contributed by atoms with Gasteiger partial charge in [0.25, 0.3) is 5.91 Å². The predicted octanol–water partition coefficient (Wildman–Crippen LogP) is 3.81. The second-order valence-corrected chi connectivity index (χ2v) is 8.08. The lowest BCUT2D eigenvalue weighted by molar-refractivity contribution is 0.0923. The van der Waals surface area contributed by atoms with Crippen LogP contribution in [0.1, 0.15) is 49.8 Å². The molecule has 144 valence electrons. The van der Waals surface area contributed by atoms with Gasteiger partial charge in [-0.2, -0.15) is 0 Å². The Kier molecular flexibility index (Phi) is 5.41. The Balaban J connectivity index is 1.50. The zero-order valence-electron chi connectivity index (χ0n) is 15.8. The largest absolute Gasteiger partial charge is 0.356 e. The van der Waals surface area contributed by atoms with Gasteiger partial charge in [0.05, 0.1) is 6.04 Å². The number of fused-ring (bicyclic) bond motifs is 1. The first-order chi connectivity index (χ1) is 13.6. The van der Waals surface area contributed by atoms with Crippen LogP contribution in [0.3, 0.4) is 0 Å². The summed E-state index contributed by atoms with van der Waals surface area (Å²) >= 11 is 1.83. The van der Waals surface area contributed by atoms with Crippen molar-refractivity contribution < 1.29 is 9.59 Å². The minimum absolute atomic E-state index is 0.0580. The van der Waals surface area contributed by atoms with E-state index in [9.17, 15) is 9.59 Å². The number of carbonyl (C=O) groups excluding carboxylic acids is 2. The number of nitrogens with one attached hydrogen (secondary N) is 2. The summed E-state index contributed by atoms with van der Waals surface area (Å²) in [4.78, 5) is 30.8. The van der Waals surface area contributed by atoms with Crippen LogP contribution in [0.4, 0.5) is 0 Å². The summed E-state index contributed by atoms with van der Waals surface area (Å²) < 4.78 is 0. The molecular weight excluding hydrogens is 370 g/mol. The highest BCUT2D eigenvalue weighted by atomic mass is 32.1. The van der Waals surface area contributed by atoms with Crippen molar-refractivity contribution in [1.82, 2.24) is 15.2 Å². The molecule has 1 aliphatic rings. The van der Waals surface area contributed by atoms with Gasteiger partial charge in [-0.3, -0.25) is 14.5 Å². The summed E-state index contributed by atoms with van der Waals surface area (Å²) in [5.74, 6) is -0.251. The first kappa shape index (κ1) is 18.7. The summed E-state index contributed by atoms with van der Waals surface area (Å²) in [5, 5.41) is 5.20. The number of Topliss-reactive ketones (excluding diaryl/α,β-unsaturated/α-hetero) is 1. The normalized spacial score (nSPS) is 15.0. The van der Waals surface area contributed by atoms with E-state index >= 15 is 0 Å². The van der Waals surface area contributed by atoms with Crippen LogP contribution in [0.2, 0.25) is 0 Å². The second-order valence-electron chi connectivity index (χ2n) is 7.08. The van der Waals surface area contributed by atoms with Gasteiger partial charge in [0.2, 0.25) is 0 Å². The number of aromatic amines is 1. The van der Waals surface area contributed by atoms with Crippen LogP contribution < -0.4 is 5.32 Å². The van der Waals surface area contributed by atoms with Crippen LogP contribution in [-0.4, -0.2) is 34.7 Å². The molecule has 2 N–H and O–H groups in total. The van der Waals surface area contributed by atoms with Crippen LogP contribution in [0.25, 0.3) is 0 Å². The molecule has 4 rings (SSSR count). The van der Waals surface area contributed by atoms with Gasteiger partial charge >= 0.3 is 0 Å². The molecule has 0 bridgehead atoms. The van der Waals surface area contributed by atoms with E-state index in [0.29, 0.717) is 17.8 Å². The summed E-state index contributed by atoms with van der Waals surface area (Å²) in [6.45, 7) is 3.87. The quantitative estimate of drug-likeness (QED) is 0.626. The van der Waals surface area contributed by atoms with Crippen molar-refractivity contribution in [2.24, 2.45) is 0 Å². The lowest BCUT2D eigenvalue weighted by Crippen LogP contribution is -2.40. The third-order valence-corrected chi connectivity index (χ3v) is 6.28. The molecule has 0 spiro atoms. The summed E-state index contributed by atoms with van der Waals surface area (Å²) in [6, 6.07) is 14.2. The number of hydrogen-bond acceptors (Lipinski definition) is 4. The summed E-state index contributed by atoms with van der Waals surface area (Å²) in [6.07, 6.45) is 2.62. The number of benzene rings is 1. The smallest absolute Gasteiger partial charge is 0.267 e. The van der Waals surface area contributed by atoms with Crippen molar-refractivity contribution in [1.29, 1.82) is 0 Å². The minimum atomic E-state index is -0.193. The van der Waals surface area contributed by atoms with Crippen molar-refractivity contribution in [2.75, 3.05) is 13.1 Å². The number of nitrogens with zero attached hydrogens (tertiary/aromatic N) is 1. The molecule has 1 amide bonds. The molecule has 0 fully saturated rings. The van der Waals surface area contributed by atoms with Crippen LogP contribution in [-0.2, 0) is 13.0 Å². The Morgan fingerprint density at radius 1 is 1.25 bits per heavy atom. The topological polar surface area (TPSA) is 65.2 Å². The van der Waals surface area contributed by atoms with Crippen LogP contribution in [0.5, 0.6) is 0 Å².